The molecule has 0 aliphatic carbocycles. The maximum Gasteiger partial charge on any atom is 0.433 e. The fourth-order valence-corrected chi connectivity index (χ4v) is 2.21. The SMILES string of the molecule is O=C1O[C@H](CNc2ccc(O)c(O)c2)CN1/N=C/c1ccc([N+](=O)[O-])o1. The molecule has 3 rings (SSSR count). The van der Waals surface area contributed by atoms with Crippen molar-refractivity contribution < 1.29 is 29.1 Å². The third-order valence-corrected chi connectivity index (χ3v) is 3.48. The van der Waals surface area contributed by atoms with Crippen LogP contribution in [0.25, 0.3) is 0 Å². The van der Waals surface area contributed by atoms with E-state index in [4.69, 9.17) is 9.15 Å². The second-order valence-corrected chi connectivity index (χ2v) is 5.35. The third-order valence-electron chi connectivity index (χ3n) is 3.48. The zero-order chi connectivity index (χ0) is 18.7. The van der Waals surface area contributed by atoms with Gasteiger partial charge in [-0.1, -0.05) is 0 Å². The lowest BCUT2D eigenvalue weighted by molar-refractivity contribution is -0.402. The molecule has 26 heavy (non-hydrogen) atoms. The highest BCUT2D eigenvalue weighted by Crippen LogP contribution is 2.27. The molecular weight excluding hydrogens is 348 g/mol. The molecule has 0 radical (unpaired) electrons. The van der Waals surface area contributed by atoms with Crippen LogP contribution in [0.5, 0.6) is 11.5 Å². The van der Waals surface area contributed by atoms with Gasteiger partial charge in [-0.25, -0.2) is 4.79 Å². The van der Waals surface area contributed by atoms with Gasteiger partial charge in [-0.05, 0) is 18.2 Å². The zero-order valence-electron chi connectivity index (χ0n) is 13.2. The van der Waals surface area contributed by atoms with E-state index in [1.807, 2.05) is 0 Å². The number of benzene rings is 1. The van der Waals surface area contributed by atoms with Crippen molar-refractivity contribution in [1.29, 1.82) is 0 Å². The minimum atomic E-state index is -0.676. The van der Waals surface area contributed by atoms with Gasteiger partial charge >= 0.3 is 12.0 Å². The fraction of sp³-hybridized carbons (Fsp3) is 0.200. The highest BCUT2D eigenvalue weighted by Gasteiger charge is 2.31. The zero-order valence-corrected chi connectivity index (χ0v) is 13.2. The molecule has 2 aromatic rings. The van der Waals surface area contributed by atoms with Crippen molar-refractivity contribution in [2.24, 2.45) is 5.10 Å². The van der Waals surface area contributed by atoms with Crippen LogP contribution in [0.3, 0.4) is 0 Å². The number of furan rings is 1. The first-order valence-corrected chi connectivity index (χ1v) is 7.44. The number of ether oxygens (including phenoxy) is 1. The van der Waals surface area contributed by atoms with Crippen LogP contribution in [-0.4, -0.2) is 51.6 Å². The van der Waals surface area contributed by atoms with E-state index < -0.39 is 23.0 Å². The van der Waals surface area contributed by atoms with Gasteiger partial charge in [0, 0.05) is 11.8 Å². The molecule has 1 fully saturated rings. The Morgan fingerprint density at radius 3 is 2.85 bits per heavy atom. The molecule has 0 spiro atoms. The van der Waals surface area contributed by atoms with Crippen molar-refractivity contribution in [3.8, 4) is 11.5 Å². The molecule has 136 valence electrons. The van der Waals surface area contributed by atoms with E-state index in [1.165, 1.54) is 30.5 Å². The van der Waals surface area contributed by atoms with Crippen LogP contribution < -0.4 is 5.32 Å². The molecule has 2 heterocycles. The molecule has 11 heteroatoms. The lowest BCUT2D eigenvalue weighted by Gasteiger charge is -2.11. The number of hydrazone groups is 1. The second-order valence-electron chi connectivity index (χ2n) is 5.35. The molecular formula is C15H14N4O7. The molecule has 3 N–H and O–H groups in total. The molecule has 0 saturated carbocycles. The van der Waals surface area contributed by atoms with E-state index in [1.54, 1.807) is 6.07 Å². The Labute approximate surface area is 146 Å². The lowest BCUT2D eigenvalue weighted by Crippen LogP contribution is -2.24. The standard InChI is InChI=1S/C15H14N4O7/c20-12-3-1-9(5-13(12)21)16-6-11-8-18(15(22)26-11)17-7-10-2-4-14(25-10)19(23)24/h1-5,7,11,16,20-21H,6,8H2/b17-7+/t11-/m1/s1. The largest absolute Gasteiger partial charge is 0.504 e. The van der Waals surface area contributed by atoms with Gasteiger partial charge in [0.25, 0.3) is 0 Å². The van der Waals surface area contributed by atoms with Crippen molar-refractivity contribution in [2.75, 3.05) is 18.4 Å². The number of phenols is 2. The number of nitrogens with zero attached hydrogens (tertiary/aromatic N) is 3. The summed E-state index contributed by atoms with van der Waals surface area (Å²) < 4.78 is 10.1. The van der Waals surface area contributed by atoms with E-state index in [0.29, 0.717) is 5.69 Å². The molecule has 0 bridgehead atoms. The molecule has 1 aromatic carbocycles. The predicted molar refractivity (Wildman–Crippen MR) is 88.2 cm³/mol. The summed E-state index contributed by atoms with van der Waals surface area (Å²) in [6.45, 7) is 0.420. The van der Waals surface area contributed by atoms with Crippen LogP contribution in [0.4, 0.5) is 16.4 Å². The molecule has 1 aliphatic heterocycles. The van der Waals surface area contributed by atoms with Gasteiger partial charge in [-0.2, -0.15) is 10.1 Å². The summed E-state index contributed by atoms with van der Waals surface area (Å²) in [7, 11) is 0. The summed E-state index contributed by atoms with van der Waals surface area (Å²) in [6, 6.07) is 6.78. The Balaban J connectivity index is 1.55. The Kier molecular flexibility index (Phi) is 4.60. The smallest absolute Gasteiger partial charge is 0.433 e. The van der Waals surface area contributed by atoms with Gasteiger partial charge in [-0.15, -0.1) is 0 Å². The first-order valence-electron chi connectivity index (χ1n) is 7.44. The number of carbonyl (C=O) groups is 1. The van der Waals surface area contributed by atoms with Crippen LogP contribution >= 0.6 is 0 Å². The number of cyclic esters (lactones) is 1. The van der Waals surface area contributed by atoms with Crippen LogP contribution in [-0.2, 0) is 4.74 Å². The number of rotatable bonds is 6. The predicted octanol–water partition coefficient (Wildman–Crippen LogP) is 1.87. The van der Waals surface area contributed by atoms with Crippen LogP contribution in [0.1, 0.15) is 5.76 Å². The average molecular weight is 362 g/mol. The summed E-state index contributed by atoms with van der Waals surface area (Å²) in [5.41, 5.74) is 0.543. The molecule has 1 saturated heterocycles. The average Bonchev–Trinajstić information content (AvgIpc) is 3.21. The lowest BCUT2D eigenvalue weighted by atomic mass is 10.2. The molecule has 0 unspecified atom stereocenters. The maximum absolute atomic E-state index is 11.8. The Morgan fingerprint density at radius 1 is 1.35 bits per heavy atom. The van der Waals surface area contributed by atoms with E-state index in [0.717, 1.165) is 5.01 Å². The van der Waals surface area contributed by atoms with Gasteiger partial charge in [0.05, 0.1) is 25.4 Å². The van der Waals surface area contributed by atoms with Crippen molar-refractivity contribution in [1.82, 2.24) is 5.01 Å². The van der Waals surface area contributed by atoms with E-state index in [-0.39, 0.29) is 30.3 Å². The first kappa shape index (κ1) is 17.1. The third kappa shape index (κ3) is 3.83. The van der Waals surface area contributed by atoms with Crippen molar-refractivity contribution >= 4 is 23.9 Å². The highest BCUT2D eigenvalue weighted by molar-refractivity contribution is 5.78. The number of anilines is 1. The van der Waals surface area contributed by atoms with E-state index in [2.05, 4.69) is 10.4 Å². The molecule has 1 aliphatic rings. The molecule has 11 nitrogen and oxygen atoms in total. The fourth-order valence-electron chi connectivity index (χ4n) is 2.21. The number of nitrogens with one attached hydrogen (secondary N) is 1. The Hall–Kier alpha value is -3.76. The molecule has 1 atom stereocenters. The van der Waals surface area contributed by atoms with E-state index in [9.17, 15) is 25.1 Å². The van der Waals surface area contributed by atoms with Gasteiger partial charge in [0.2, 0.25) is 0 Å². The van der Waals surface area contributed by atoms with Crippen LogP contribution in [0.2, 0.25) is 0 Å². The quantitative estimate of drug-likeness (QED) is 0.232. The van der Waals surface area contributed by atoms with E-state index >= 15 is 0 Å². The number of nitro groups is 1. The maximum atomic E-state index is 11.8. The normalized spacial score (nSPS) is 16.8. The first-order chi connectivity index (χ1) is 12.4. The van der Waals surface area contributed by atoms with Crippen molar-refractivity contribution in [3.05, 3.63) is 46.2 Å². The topological polar surface area (TPSA) is 151 Å². The summed E-state index contributed by atoms with van der Waals surface area (Å²) in [5.74, 6) is -0.793. The second kappa shape index (κ2) is 7.01. The Morgan fingerprint density at radius 2 is 2.15 bits per heavy atom. The summed E-state index contributed by atoms with van der Waals surface area (Å²) in [6.07, 6.45) is 0.0198. The highest BCUT2D eigenvalue weighted by atomic mass is 16.6. The Bertz CT molecular complexity index is 863. The summed E-state index contributed by atoms with van der Waals surface area (Å²) in [4.78, 5) is 21.6. The summed E-state index contributed by atoms with van der Waals surface area (Å²) in [5, 5.41) is 37.2. The summed E-state index contributed by atoms with van der Waals surface area (Å²) >= 11 is 0. The van der Waals surface area contributed by atoms with Gasteiger partial charge in [0.1, 0.15) is 11.0 Å². The number of carbonyl (C=O) groups excluding carboxylic acids is 1. The molecule has 1 amide bonds. The number of phenolic OH excluding ortho intramolecular Hbond substituents is 2. The number of amides is 1. The number of aromatic hydroxyl groups is 2. The van der Waals surface area contributed by atoms with Crippen LogP contribution in [0, 0.1) is 10.1 Å². The van der Waals surface area contributed by atoms with Crippen molar-refractivity contribution in [2.45, 2.75) is 6.10 Å². The van der Waals surface area contributed by atoms with Gasteiger partial charge < -0.3 is 24.7 Å². The number of hydrogen-bond donors (Lipinski definition) is 3. The molecule has 1 aromatic heterocycles. The van der Waals surface area contributed by atoms with Gasteiger partial charge in [0.15, 0.2) is 17.3 Å². The monoisotopic (exact) mass is 362 g/mol. The minimum Gasteiger partial charge on any atom is -0.504 e. The minimum absolute atomic E-state index is 0.130. The van der Waals surface area contributed by atoms with Crippen molar-refractivity contribution in [3.63, 3.8) is 0 Å². The van der Waals surface area contributed by atoms with Gasteiger partial charge in [-0.3, -0.25) is 10.1 Å². The van der Waals surface area contributed by atoms with Crippen LogP contribution in [0.15, 0.2) is 39.9 Å². The number of hydrogen-bond acceptors (Lipinski definition) is 9.